The summed E-state index contributed by atoms with van der Waals surface area (Å²) in [5, 5.41) is 1.17. The zero-order valence-corrected chi connectivity index (χ0v) is 11.9. The standard InChI is InChI=1S/C14H19NOS/c1-6-9-7-10(16-5)12-11(8-9)17-13(15-12)14(2,3)4/h7-8H,6H2,1-5H3. The molecule has 0 atom stereocenters. The Morgan fingerprint density at radius 3 is 2.53 bits per heavy atom. The van der Waals surface area contributed by atoms with E-state index in [0.29, 0.717) is 0 Å². The fraction of sp³-hybridized carbons (Fsp3) is 0.500. The number of methoxy groups -OCH3 is 1. The highest BCUT2D eigenvalue weighted by Gasteiger charge is 2.20. The molecule has 0 bridgehead atoms. The van der Waals surface area contributed by atoms with Crippen molar-refractivity contribution in [3.8, 4) is 5.75 Å². The maximum absolute atomic E-state index is 5.44. The highest BCUT2D eigenvalue weighted by Crippen LogP contribution is 2.36. The number of rotatable bonds is 2. The molecule has 0 saturated heterocycles. The van der Waals surface area contributed by atoms with E-state index in [2.05, 4.69) is 39.8 Å². The summed E-state index contributed by atoms with van der Waals surface area (Å²) >= 11 is 1.77. The maximum atomic E-state index is 5.44. The number of ether oxygens (including phenoxy) is 1. The Labute approximate surface area is 107 Å². The second-order valence-corrected chi connectivity index (χ2v) is 6.30. The SMILES string of the molecule is CCc1cc(OC)c2nc(C(C)(C)C)sc2c1. The molecule has 0 aliphatic heterocycles. The van der Waals surface area contributed by atoms with E-state index >= 15 is 0 Å². The van der Waals surface area contributed by atoms with Crippen molar-refractivity contribution < 1.29 is 4.74 Å². The van der Waals surface area contributed by atoms with Gasteiger partial charge in [0.2, 0.25) is 0 Å². The molecule has 3 heteroatoms. The summed E-state index contributed by atoms with van der Waals surface area (Å²) < 4.78 is 6.67. The van der Waals surface area contributed by atoms with E-state index in [4.69, 9.17) is 9.72 Å². The van der Waals surface area contributed by atoms with Crippen LogP contribution in [0.25, 0.3) is 10.2 Å². The molecule has 0 N–H and O–H groups in total. The smallest absolute Gasteiger partial charge is 0.146 e. The van der Waals surface area contributed by atoms with Crippen LogP contribution in [0.2, 0.25) is 0 Å². The van der Waals surface area contributed by atoms with Gasteiger partial charge in [-0.2, -0.15) is 0 Å². The van der Waals surface area contributed by atoms with Gasteiger partial charge in [-0.3, -0.25) is 0 Å². The molecule has 1 aromatic heterocycles. The van der Waals surface area contributed by atoms with Gasteiger partial charge in [-0.05, 0) is 24.1 Å². The molecule has 1 aromatic carbocycles. The average Bonchev–Trinajstić information content (AvgIpc) is 2.70. The molecule has 0 aliphatic carbocycles. The monoisotopic (exact) mass is 249 g/mol. The zero-order valence-electron chi connectivity index (χ0n) is 11.1. The van der Waals surface area contributed by atoms with Crippen LogP contribution in [0, 0.1) is 0 Å². The molecule has 17 heavy (non-hydrogen) atoms. The molecule has 2 aromatic rings. The second-order valence-electron chi connectivity index (χ2n) is 5.27. The van der Waals surface area contributed by atoms with Crippen LogP contribution in [0.1, 0.15) is 38.3 Å². The molecule has 0 radical (unpaired) electrons. The Morgan fingerprint density at radius 2 is 2.00 bits per heavy atom. The van der Waals surface area contributed by atoms with Gasteiger partial charge in [0.25, 0.3) is 0 Å². The topological polar surface area (TPSA) is 22.1 Å². The van der Waals surface area contributed by atoms with Gasteiger partial charge < -0.3 is 4.74 Å². The predicted octanol–water partition coefficient (Wildman–Crippen LogP) is 4.16. The average molecular weight is 249 g/mol. The number of hydrogen-bond donors (Lipinski definition) is 0. The van der Waals surface area contributed by atoms with Gasteiger partial charge in [0.1, 0.15) is 11.3 Å². The Hall–Kier alpha value is -1.09. The van der Waals surface area contributed by atoms with E-state index in [1.165, 1.54) is 15.3 Å². The van der Waals surface area contributed by atoms with Crippen LogP contribution in [0.5, 0.6) is 5.75 Å². The Morgan fingerprint density at radius 1 is 1.29 bits per heavy atom. The third kappa shape index (κ3) is 2.29. The normalized spacial score (nSPS) is 12.1. The first kappa shape index (κ1) is 12.4. The van der Waals surface area contributed by atoms with Crippen LogP contribution < -0.4 is 4.74 Å². The van der Waals surface area contributed by atoms with Crippen molar-refractivity contribution in [3.05, 3.63) is 22.7 Å². The quantitative estimate of drug-likeness (QED) is 0.797. The van der Waals surface area contributed by atoms with Gasteiger partial charge in [-0.15, -0.1) is 11.3 Å². The summed E-state index contributed by atoms with van der Waals surface area (Å²) in [6.45, 7) is 8.74. The summed E-state index contributed by atoms with van der Waals surface area (Å²) in [5.74, 6) is 0.895. The van der Waals surface area contributed by atoms with Crippen LogP contribution in [-0.4, -0.2) is 12.1 Å². The third-order valence-corrected chi connectivity index (χ3v) is 4.22. The maximum Gasteiger partial charge on any atom is 0.146 e. The number of thiazole rings is 1. The Balaban J connectivity index is 2.67. The summed E-state index contributed by atoms with van der Waals surface area (Å²) in [5.41, 5.74) is 2.40. The van der Waals surface area contributed by atoms with Crippen molar-refractivity contribution in [1.82, 2.24) is 4.98 Å². The van der Waals surface area contributed by atoms with Gasteiger partial charge >= 0.3 is 0 Å². The number of aryl methyl sites for hydroxylation is 1. The first-order valence-corrected chi connectivity index (χ1v) is 6.75. The molecule has 0 spiro atoms. The lowest BCUT2D eigenvalue weighted by Crippen LogP contribution is -2.09. The molecule has 2 nitrogen and oxygen atoms in total. The highest BCUT2D eigenvalue weighted by atomic mass is 32.1. The lowest BCUT2D eigenvalue weighted by Gasteiger charge is -2.13. The van der Waals surface area contributed by atoms with Crippen LogP contribution in [0.15, 0.2) is 12.1 Å². The number of nitrogens with zero attached hydrogens (tertiary/aromatic N) is 1. The Kier molecular flexibility index (Phi) is 3.13. The largest absolute Gasteiger partial charge is 0.494 e. The molecule has 0 fully saturated rings. The van der Waals surface area contributed by atoms with Crippen molar-refractivity contribution in [3.63, 3.8) is 0 Å². The lowest BCUT2D eigenvalue weighted by molar-refractivity contribution is 0.418. The summed E-state index contributed by atoms with van der Waals surface area (Å²) in [4.78, 5) is 4.72. The van der Waals surface area contributed by atoms with Gasteiger partial charge in [-0.1, -0.05) is 27.7 Å². The minimum Gasteiger partial charge on any atom is -0.494 e. The van der Waals surface area contributed by atoms with Crippen LogP contribution >= 0.6 is 11.3 Å². The van der Waals surface area contributed by atoms with Crippen molar-refractivity contribution in [2.24, 2.45) is 0 Å². The van der Waals surface area contributed by atoms with Crippen molar-refractivity contribution in [2.45, 2.75) is 39.5 Å². The van der Waals surface area contributed by atoms with Crippen LogP contribution in [0.3, 0.4) is 0 Å². The first-order valence-electron chi connectivity index (χ1n) is 5.93. The molecule has 1 heterocycles. The summed E-state index contributed by atoms with van der Waals surface area (Å²) in [6.07, 6.45) is 1.02. The Bertz CT molecular complexity index is 537. The first-order chi connectivity index (χ1) is 7.95. The minimum absolute atomic E-state index is 0.0983. The van der Waals surface area contributed by atoms with Crippen molar-refractivity contribution in [2.75, 3.05) is 7.11 Å². The van der Waals surface area contributed by atoms with E-state index in [1.54, 1.807) is 18.4 Å². The molecular weight excluding hydrogens is 230 g/mol. The lowest BCUT2D eigenvalue weighted by atomic mass is 9.98. The number of hydrogen-bond acceptors (Lipinski definition) is 3. The van der Waals surface area contributed by atoms with E-state index in [9.17, 15) is 0 Å². The van der Waals surface area contributed by atoms with E-state index in [1.807, 2.05) is 0 Å². The predicted molar refractivity (Wildman–Crippen MR) is 74.3 cm³/mol. The van der Waals surface area contributed by atoms with Crippen LogP contribution in [0.4, 0.5) is 0 Å². The van der Waals surface area contributed by atoms with E-state index in [0.717, 1.165) is 17.7 Å². The van der Waals surface area contributed by atoms with Gasteiger partial charge in [0.05, 0.1) is 16.8 Å². The molecule has 2 rings (SSSR count). The van der Waals surface area contributed by atoms with Crippen LogP contribution in [-0.2, 0) is 11.8 Å². The van der Waals surface area contributed by atoms with E-state index < -0.39 is 0 Å². The van der Waals surface area contributed by atoms with Crippen molar-refractivity contribution in [1.29, 1.82) is 0 Å². The number of aromatic nitrogens is 1. The molecular formula is C14H19NOS. The van der Waals surface area contributed by atoms with Crippen molar-refractivity contribution >= 4 is 21.6 Å². The van der Waals surface area contributed by atoms with Gasteiger partial charge in [-0.25, -0.2) is 4.98 Å². The third-order valence-electron chi connectivity index (χ3n) is 2.79. The fourth-order valence-electron chi connectivity index (χ4n) is 1.73. The molecule has 0 saturated carbocycles. The second kappa shape index (κ2) is 4.30. The highest BCUT2D eigenvalue weighted by molar-refractivity contribution is 7.18. The van der Waals surface area contributed by atoms with Gasteiger partial charge in [0, 0.05) is 5.41 Å². The molecule has 0 unspecified atom stereocenters. The van der Waals surface area contributed by atoms with Gasteiger partial charge in [0.15, 0.2) is 0 Å². The molecule has 0 aliphatic rings. The number of fused-ring (bicyclic) bond motifs is 1. The fourth-order valence-corrected chi connectivity index (χ4v) is 2.84. The summed E-state index contributed by atoms with van der Waals surface area (Å²) in [6, 6.07) is 4.32. The minimum atomic E-state index is 0.0983. The molecule has 92 valence electrons. The van der Waals surface area contributed by atoms with E-state index in [-0.39, 0.29) is 5.41 Å². The number of benzene rings is 1. The summed E-state index contributed by atoms with van der Waals surface area (Å²) in [7, 11) is 1.71. The zero-order chi connectivity index (χ0) is 12.6. The molecule has 0 amide bonds.